The summed E-state index contributed by atoms with van der Waals surface area (Å²) in [5.41, 5.74) is 11.9. The predicted molar refractivity (Wildman–Crippen MR) is 74.2 cm³/mol. The molecule has 20 heavy (non-hydrogen) atoms. The standard InChI is InChI=1S/C14H20N2O4/c1-8(2)12(16)14(19)20-10-5-3-9(4-6-10)7-11(15)13(17)18/h3-6,8,11-12H,7,15-16H2,1-2H3,(H,17,18)/t11-,12-/m1/s1. The molecule has 5 N–H and O–H groups in total. The van der Waals surface area contributed by atoms with Gasteiger partial charge in [-0.3, -0.25) is 4.79 Å². The molecule has 6 nitrogen and oxygen atoms in total. The monoisotopic (exact) mass is 280 g/mol. The number of carboxylic acids is 1. The maximum Gasteiger partial charge on any atom is 0.328 e. The van der Waals surface area contributed by atoms with Crippen molar-refractivity contribution in [3.63, 3.8) is 0 Å². The van der Waals surface area contributed by atoms with Crippen LogP contribution in [-0.2, 0) is 16.0 Å². The van der Waals surface area contributed by atoms with Crippen LogP contribution in [0.3, 0.4) is 0 Å². The number of carbonyl (C=O) groups excluding carboxylic acids is 1. The van der Waals surface area contributed by atoms with E-state index in [0.717, 1.165) is 5.56 Å². The van der Waals surface area contributed by atoms with Crippen LogP contribution in [0, 0.1) is 5.92 Å². The van der Waals surface area contributed by atoms with Gasteiger partial charge in [-0.05, 0) is 30.0 Å². The molecule has 0 radical (unpaired) electrons. The van der Waals surface area contributed by atoms with E-state index in [2.05, 4.69) is 0 Å². The normalized spacial score (nSPS) is 13.8. The summed E-state index contributed by atoms with van der Waals surface area (Å²) in [6, 6.07) is 4.91. The van der Waals surface area contributed by atoms with E-state index >= 15 is 0 Å². The first kappa shape index (κ1) is 16.1. The number of nitrogens with two attached hydrogens (primary N) is 2. The fraction of sp³-hybridized carbons (Fsp3) is 0.429. The van der Waals surface area contributed by atoms with Crippen molar-refractivity contribution in [2.24, 2.45) is 17.4 Å². The molecule has 0 aliphatic rings. The van der Waals surface area contributed by atoms with Crippen LogP contribution in [0.4, 0.5) is 0 Å². The number of carbonyl (C=O) groups is 2. The minimum atomic E-state index is -1.05. The van der Waals surface area contributed by atoms with Crippen LogP contribution >= 0.6 is 0 Å². The van der Waals surface area contributed by atoms with E-state index in [4.69, 9.17) is 21.3 Å². The quantitative estimate of drug-likeness (QED) is 0.517. The second-order valence-corrected chi connectivity index (χ2v) is 4.98. The maximum atomic E-state index is 11.7. The molecule has 6 heteroatoms. The first-order chi connectivity index (χ1) is 9.31. The third-order valence-corrected chi connectivity index (χ3v) is 2.91. The number of hydrogen-bond donors (Lipinski definition) is 3. The molecule has 0 amide bonds. The molecule has 1 aromatic rings. The van der Waals surface area contributed by atoms with Crippen molar-refractivity contribution in [2.75, 3.05) is 0 Å². The van der Waals surface area contributed by atoms with Crippen LogP contribution in [-0.4, -0.2) is 29.1 Å². The van der Waals surface area contributed by atoms with Gasteiger partial charge in [-0.25, -0.2) is 4.79 Å². The van der Waals surface area contributed by atoms with Crippen molar-refractivity contribution in [3.8, 4) is 5.75 Å². The largest absolute Gasteiger partial charge is 0.480 e. The van der Waals surface area contributed by atoms with Crippen molar-refractivity contribution in [1.82, 2.24) is 0 Å². The molecular weight excluding hydrogens is 260 g/mol. The molecule has 110 valence electrons. The van der Waals surface area contributed by atoms with Crippen molar-refractivity contribution in [2.45, 2.75) is 32.4 Å². The summed E-state index contributed by atoms with van der Waals surface area (Å²) >= 11 is 0. The lowest BCUT2D eigenvalue weighted by Gasteiger charge is -2.14. The SMILES string of the molecule is CC(C)[C@@H](N)C(=O)Oc1ccc(C[C@@H](N)C(=O)O)cc1. The Hall–Kier alpha value is -1.92. The summed E-state index contributed by atoms with van der Waals surface area (Å²) < 4.78 is 5.13. The molecule has 0 saturated carbocycles. The number of hydrogen-bond acceptors (Lipinski definition) is 5. The molecule has 0 bridgehead atoms. The Labute approximate surface area is 117 Å². The zero-order chi connectivity index (χ0) is 15.3. The number of esters is 1. The van der Waals surface area contributed by atoms with Crippen LogP contribution in [0.1, 0.15) is 19.4 Å². The summed E-state index contributed by atoms with van der Waals surface area (Å²) in [6.45, 7) is 3.67. The van der Waals surface area contributed by atoms with E-state index in [1.807, 2.05) is 13.8 Å². The number of benzene rings is 1. The Morgan fingerprint density at radius 1 is 1.20 bits per heavy atom. The van der Waals surface area contributed by atoms with Gasteiger partial charge < -0.3 is 21.3 Å². The smallest absolute Gasteiger partial charge is 0.328 e. The fourth-order valence-electron chi connectivity index (χ4n) is 1.49. The molecule has 1 rings (SSSR count). The van der Waals surface area contributed by atoms with Gasteiger partial charge in [-0.15, -0.1) is 0 Å². The Morgan fingerprint density at radius 3 is 2.20 bits per heavy atom. The topological polar surface area (TPSA) is 116 Å². The second-order valence-electron chi connectivity index (χ2n) is 4.98. The van der Waals surface area contributed by atoms with E-state index in [1.165, 1.54) is 0 Å². The van der Waals surface area contributed by atoms with E-state index in [9.17, 15) is 9.59 Å². The number of aliphatic carboxylic acids is 1. The van der Waals surface area contributed by atoms with Gasteiger partial charge in [0.05, 0.1) is 0 Å². The molecule has 0 fully saturated rings. The fourth-order valence-corrected chi connectivity index (χ4v) is 1.49. The van der Waals surface area contributed by atoms with Gasteiger partial charge >= 0.3 is 11.9 Å². The van der Waals surface area contributed by atoms with Gasteiger partial charge in [-0.2, -0.15) is 0 Å². The molecule has 0 saturated heterocycles. The lowest BCUT2D eigenvalue weighted by Crippen LogP contribution is -2.38. The Morgan fingerprint density at radius 2 is 1.75 bits per heavy atom. The van der Waals surface area contributed by atoms with Crippen LogP contribution in [0.5, 0.6) is 5.75 Å². The average molecular weight is 280 g/mol. The molecule has 0 aliphatic heterocycles. The minimum absolute atomic E-state index is 0.00432. The Kier molecular flexibility index (Phi) is 5.66. The summed E-state index contributed by atoms with van der Waals surface area (Å²) in [4.78, 5) is 22.3. The molecular formula is C14H20N2O4. The van der Waals surface area contributed by atoms with Gasteiger partial charge in [-0.1, -0.05) is 26.0 Å². The van der Waals surface area contributed by atoms with E-state index in [0.29, 0.717) is 5.75 Å². The van der Waals surface area contributed by atoms with Gasteiger partial charge in [0.2, 0.25) is 0 Å². The number of ether oxygens (including phenoxy) is 1. The zero-order valence-corrected chi connectivity index (χ0v) is 11.6. The molecule has 2 atom stereocenters. The Balaban J connectivity index is 2.63. The van der Waals surface area contributed by atoms with Crippen molar-refractivity contribution in [3.05, 3.63) is 29.8 Å². The summed E-state index contributed by atoms with van der Waals surface area (Å²) in [7, 11) is 0. The summed E-state index contributed by atoms with van der Waals surface area (Å²) in [5.74, 6) is -1.17. The lowest BCUT2D eigenvalue weighted by molar-refractivity contribution is -0.138. The van der Waals surface area contributed by atoms with E-state index in [-0.39, 0.29) is 12.3 Å². The predicted octanol–water partition coefficient (Wildman–Crippen LogP) is 0.530. The molecule has 0 heterocycles. The van der Waals surface area contributed by atoms with Crippen molar-refractivity contribution < 1.29 is 19.4 Å². The van der Waals surface area contributed by atoms with Crippen LogP contribution in [0.25, 0.3) is 0 Å². The van der Waals surface area contributed by atoms with E-state index < -0.39 is 24.0 Å². The molecule has 0 aromatic heterocycles. The molecule has 0 spiro atoms. The van der Waals surface area contributed by atoms with Crippen molar-refractivity contribution >= 4 is 11.9 Å². The second kappa shape index (κ2) is 7.02. The lowest BCUT2D eigenvalue weighted by atomic mass is 10.1. The summed E-state index contributed by atoms with van der Waals surface area (Å²) in [6.07, 6.45) is 0.217. The average Bonchev–Trinajstić information content (AvgIpc) is 2.39. The van der Waals surface area contributed by atoms with Crippen LogP contribution < -0.4 is 16.2 Å². The highest BCUT2D eigenvalue weighted by Gasteiger charge is 2.19. The zero-order valence-electron chi connectivity index (χ0n) is 11.6. The van der Waals surface area contributed by atoms with Gasteiger partial charge in [0.1, 0.15) is 17.8 Å². The van der Waals surface area contributed by atoms with E-state index in [1.54, 1.807) is 24.3 Å². The third kappa shape index (κ3) is 4.64. The summed E-state index contributed by atoms with van der Waals surface area (Å²) in [5, 5.41) is 8.72. The Bertz CT molecular complexity index is 471. The minimum Gasteiger partial charge on any atom is -0.480 e. The molecule has 1 aromatic carbocycles. The maximum absolute atomic E-state index is 11.7. The first-order valence-electron chi connectivity index (χ1n) is 6.36. The molecule has 0 aliphatic carbocycles. The highest BCUT2D eigenvalue weighted by molar-refractivity contribution is 5.78. The number of rotatable bonds is 6. The van der Waals surface area contributed by atoms with Gasteiger partial charge in [0.15, 0.2) is 0 Å². The van der Waals surface area contributed by atoms with Crippen LogP contribution in [0.15, 0.2) is 24.3 Å². The third-order valence-electron chi connectivity index (χ3n) is 2.91. The van der Waals surface area contributed by atoms with Gasteiger partial charge in [0, 0.05) is 0 Å². The highest BCUT2D eigenvalue weighted by atomic mass is 16.5. The van der Waals surface area contributed by atoms with Crippen molar-refractivity contribution in [1.29, 1.82) is 0 Å². The molecule has 0 unspecified atom stereocenters. The van der Waals surface area contributed by atoms with Crippen LogP contribution in [0.2, 0.25) is 0 Å². The highest BCUT2D eigenvalue weighted by Crippen LogP contribution is 2.14. The first-order valence-corrected chi connectivity index (χ1v) is 6.36. The number of carboxylic acid groups (broad SMARTS) is 1. The van der Waals surface area contributed by atoms with Gasteiger partial charge in [0.25, 0.3) is 0 Å².